The Morgan fingerprint density at radius 3 is 2.55 bits per heavy atom. The summed E-state index contributed by atoms with van der Waals surface area (Å²) in [5, 5.41) is 20.4. The molecule has 1 fully saturated rings. The van der Waals surface area contributed by atoms with Gasteiger partial charge in [0, 0.05) is 30.8 Å². The maximum Gasteiger partial charge on any atom is 0.335 e. The molecular weight excluding hydrogens is 446 g/mol. The van der Waals surface area contributed by atoms with Crippen LogP contribution in [0.15, 0.2) is 68.9 Å². The number of hydrogen-bond acceptors (Lipinski definition) is 7. The smallest absolute Gasteiger partial charge is 0.335 e. The lowest BCUT2D eigenvalue weighted by Crippen LogP contribution is -2.23. The Morgan fingerprint density at radius 2 is 1.91 bits per heavy atom. The number of hydrogen-bond donors (Lipinski definition) is 1. The SMILES string of the molecule is Cc1cc([N+](=O)[O-])ccc1-c1ccc(/C=C2/SC(=Nc3ccc(C(=O)O)cc3)N(C)C2=O)o1. The van der Waals surface area contributed by atoms with E-state index in [9.17, 15) is 19.7 Å². The number of nitrogens with zero attached hydrogens (tertiary/aromatic N) is 3. The standard InChI is InChI=1S/C23H17N3O6S/c1-13-11-16(26(30)31)7-9-18(13)19-10-8-17(32-19)12-20-21(27)25(2)23(33-20)24-15-5-3-14(4-6-15)22(28)29/h3-12H,1-2H3,(H,28,29)/b20-12+,24-23?. The number of thioether (sulfide) groups is 1. The van der Waals surface area contributed by atoms with Crippen molar-refractivity contribution in [3.8, 4) is 11.3 Å². The number of aryl methyl sites for hydroxylation is 1. The number of benzene rings is 2. The van der Waals surface area contributed by atoms with Gasteiger partial charge in [-0.1, -0.05) is 0 Å². The molecule has 3 aromatic rings. The molecule has 0 atom stereocenters. The fourth-order valence-corrected chi connectivity index (χ4v) is 4.15. The molecule has 4 rings (SSSR count). The Kier molecular flexibility index (Phi) is 5.84. The van der Waals surface area contributed by atoms with Crippen LogP contribution in [0.25, 0.3) is 17.4 Å². The number of carbonyl (C=O) groups is 2. The summed E-state index contributed by atoms with van der Waals surface area (Å²) in [5.74, 6) is -0.279. The van der Waals surface area contributed by atoms with Gasteiger partial charge >= 0.3 is 5.97 Å². The maximum absolute atomic E-state index is 12.7. The topological polar surface area (TPSA) is 126 Å². The van der Waals surface area contributed by atoms with Gasteiger partial charge in [-0.2, -0.15) is 0 Å². The Labute approximate surface area is 192 Å². The highest BCUT2D eigenvalue weighted by atomic mass is 32.2. The normalized spacial score (nSPS) is 16.1. The van der Waals surface area contributed by atoms with Gasteiger partial charge < -0.3 is 9.52 Å². The molecule has 2 aromatic carbocycles. The van der Waals surface area contributed by atoms with E-state index < -0.39 is 10.9 Å². The summed E-state index contributed by atoms with van der Waals surface area (Å²) in [7, 11) is 1.61. The van der Waals surface area contributed by atoms with Gasteiger partial charge in [0.15, 0.2) is 5.17 Å². The molecule has 0 unspecified atom stereocenters. The van der Waals surface area contributed by atoms with Gasteiger partial charge in [-0.05, 0) is 66.7 Å². The van der Waals surface area contributed by atoms with E-state index in [-0.39, 0.29) is 17.2 Å². The van der Waals surface area contributed by atoms with E-state index >= 15 is 0 Å². The lowest BCUT2D eigenvalue weighted by Gasteiger charge is -2.07. The summed E-state index contributed by atoms with van der Waals surface area (Å²) in [6, 6.07) is 14.0. The number of amides is 1. The van der Waals surface area contributed by atoms with Crippen LogP contribution in [0.4, 0.5) is 11.4 Å². The molecule has 0 saturated carbocycles. The van der Waals surface area contributed by atoms with Gasteiger partial charge in [-0.3, -0.25) is 19.8 Å². The van der Waals surface area contributed by atoms with Gasteiger partial charge in [0.2, 0.25) is 0 Å². The van der Waals surface area contributed by atoms with Crippen LogP contribution in [0.5, 0.6) is 0 Å². The molecule has 1 aromatic heterocycles. The number of likely N-dealkylation sites (N-methyl/N-ethyl adjacent to an activating group) is 1. The molecule has 0 aliphatic carbocycles. The molecule has 2 heterocycles. The first-order valence-electron chi connectivity index (χ1n) is 9.68. The molecule has 9 nitrogen and oxygen atoms in total. The quantitative estimate of drug-likeness (QED) is 0.317. The minimum absolute atomic E-state index is 0.00514. The number of aromatic carboxylic acids is 1. The molecule has 0 spiro atoms. The van der Waals surface area contributed by atoms with E-state index in [1.54, 1.807) is 50.4 Å². The first kappa shape index (κ1) is 22.0. The molecule has 1 aliphatic rings. The van der Waals surface area contributed by atoms with E-state index in [1.807, 2.05) is 0 Å². The van der Waals surface area contributed by atoms with Crippen LogP contribution in [0, 0.1) is 17.0 Å². The summed E-state index contributed by atoms with van der Waals surface area (Å²) < 4.78 is 5.86. The van der Waals surface area contributed by atoms with Gasteiger partial charge in [0.05, 0.1) is 21.1 Å². The molecule has 166 valence electrons. The third kappa shape index (κ3) is 4.55. The van der Waals surface area contributed by atoms with Crippen molar-refractivity contribution >= 4 is 46.3 Å². The molecule has 33 heavy (non-hydrogen) atoms. The number of carbonyl (C=O) groups excluding carboxylic acids is 1. The molecule has 1 amide bonds. The van der Waals surface area contributed by atoms with Gasteiger partial charge in [0.1, 0.15) is 11.5 Å². The number of nitro benzene ring substituents is 1. The average Bonchev–Trinajstić information content (AvgIpc) is 3.34. The third-order valence-corrected chi connectivity index (χ3v) is 5.99. The third-order valence-electron chi connectivity index (χ3n) is 4.93. The van der Waals surface area contributed by atoms with Crippen LogP contribution < -0.4 is 0 Å². The Hall–Kier alpha value is -4.18. The van der Waals surface area contributed by atoms with Crippen molar-refractivity contribution < 1.29 is 24.0 Å². The zero-order chi connectivity index (χ0) is 23.7. The molecule has 1 aliphatic heterocycles. The minimum Gasteiger partial charge on any atom is -0.478 e. The van der Waals surface area contributed by atoms with Crippen LogP contribution in [0.3, 0.4) is 0 Å². The van der Waals surface area contributed by atoms with Gasteiger partial charge in [0.25, 0.3) is 11.6 Å². The zero-order valence-corrected chi connectivity index (χ0v) is 18.3. The van der Waals surface area contributed by atoms with Crippen molar-refractivity contribution in [2.75, 3.05) is 7.05 Å². The number of nitro groups is 1. The number of carboxylic acids is 1. The zero-order valence-electron chi connectivity index (χ0n) is 17.5. The number of non-ortho nitro benzene ring substituents is 1. The van der Waals surface area contributed by atoms with Crippen LogP contribution in [-0.2, 0) is 4.79 Å². The lowest BCUT2D eigenvalue weighted by atomic mass is 10.1. The monoisotopic (exact) mass is 463 g/mol. The predicted octanol–water partition coefficient (Wildman–Crippen LogP) is 5.10. The minimum atomic E-state index is -1.02. The van der Waals surface area contributed by atoms with E-state index in [0.29, 0.717) is 32.8 Å². The van der Waals surface area contributed by atoms with Gasteiger partial charge in [-0.25, -0.2) is 9.79 Å². The van der Waals surface area contributed by atoms with E-state index in [0.717, 1.165) is 5.56 Å². The highest BCUT2D eigenvalue weighted by molar-refractivity contribution is 8.18. The van der Waals surface area contributed by atoms with Crippen molar-refractivity contribution in [1.82, 2.24) is 4.90 Å². The lowest BCUT2D eigenvalue weighted by molar-refractivity contribution is -0.384. The molecule has 0 bridgehead atoms. The summed E-state index contributed by atoms with van der Waals surface area (Å²) in [4.78, 5) is 40.4. The van der Waals surface area contributed by atoms with E-state index in [1.165, 1.54) is 40.9 Å². The van der Waals surface area contributed by atoms with Crippen molar-refractivity contribution in [2.45, 2.75) is 6.92 Å². The second kappa shape index (κ2) is 8.75. The highest BCUT2D eigenvalue weighted by Crippen LogP contribution is 2.35. The largest absolute Gasteiger partial charge is 0.478 e. The average molecular weight is 463 g/mol. The van der Waals surface area contributed by atoms with Crippen molar-refractivity contribution in [2.24, 2.45) is 4.99 Å². The maximum atomic E-state index is 12.7. The molecular formula is C23H17N3O6S. The van der Waals surface area contributed by atoms with Gasteiger partial charge in [-0.15, -0.1) is 0 Å². The molecule has 1 N–H and O–H groups in total. The van der Waals surface area contributed by atoms with Crippen molar-refractivity contribution in [3.05, 3.63) is 86.5 Å². The fraction of sp³-hybridized carbons (Fsp3) is 0.0870. The van der Waals surface area contributed by atoms with E-state index in [4.69, 9.17) is 9.52 Å². The Balaban J connectivity index is 1.56. The van der Waals surface area contributed by atoms with Crippen molar-refractivity contribution in [1.29, 1.82) is 0 Å². The Bertz CT molecular complexity index is 1340. The van der Waals surface area contributed by atoms with Crippen LogP contribution in [0.2, 0.25) is 0 Å². The Morgan fingerprint density at radius 1 is 1.18 bits per heavy atom. The van der Waals surface area contributed by atoms with Crippen LogP contribution in [-0.4, -0.2) is 39.0 Å². The predicted molar refractivity (Wildman–Crippen MR) is 124 cm³/mol. The number of aliphatic imine (C=N–C) groups is 1. The van der Waals surface area contributed by atoms with Crippen LogP contribution in [0.1, 0.15) is 21.7 Å². The molecule has 0 radical (unpaired) electrons. The summed E-state index contributed by atoms with van der Waals surface area (Å²) >= 11 is 1.18. The second-order valence-corrected chi connectivity index (χ2v) is 8.19. The van der Waals surface area contributed by atoms with E-state index in [2.05, 4.69) is 4.99 Å². The first-order chi connectivity index (χ1) is 15.7. The summed E-state index contributed by atoms with van der Waals surface area (Å²) in [6.45, 7) is 1.76. The molecule has 10 heteroatoms. The highest BCUT2D eigenvalue weighted by Gasteiger charge is 2.30. The summed E-state index contributed by atoms with van der Waals surface area (Å²) in [5.41, 5.74) is 2.11. The number of rotatable bonds is 5. The molecule has 1 saturated heterocycles. The number of furan rings is 1. The number of carboxylic acid groups (broad SMARTS) is 1. The van der Waals surface area contributed by atoms with Crippen molar-refractivity contribution in [3.63, 3.8) is 0 Å². The van der Waals surface area contributed by atoms with Crippen LogP contribution >= 0.6 is 11.8 Å². The summed E-state index contributed by atoms with van der Waals surface area (Å²) in [6.07, 6.45) is 1.61. The second-order valence-electron chi connectivity index (χ2n) is 7.18. The number of amidine groups is 1. The fourth-order valence-electron chi connectivity index (χ4n) is 3.18. The first-order valence-corrected chi connectivity index (χ1v) is 10.5.